The monoisotopic (exact) mass is 743 g/mol. The number of hydrogen-bond acceptors (Lipinski definition) is 8. The van der Waals surface area contributed by atoms with Gasteiger partial charge in [-0.2, -0.15) is 0 Å². The highest BCUT2D eigenvalue weighted by molar-refractivity contribution is 7.13. The molecule has 11 heteroatoms. The number of nitrogens with two attached hydrogens (primary N) is 1. The summed E-state index contributed by atoms with van der Waals surface area (Å²) in [5.41, 5.74) is 12.6. The number of rotatable bonds is 18. The Balaban J connectivity index is 1.21. The summed E-state index contributed by atoms with van der Waals surface area (Å²) in [6, 6.07) is 14.7. The topological polar surface area (TPSA) is 144 Å². The van der Waals surface area contributed by atoms with Crippen LogP contribution in [0, 0.1) is 12.3 Å². The molecule has 10 nitrogen and oxygen atoms in total. The molecule has 0 unspecified atom stereocenters. The van der Waals surface area contributed by atoms with Gasteiger partial charge in [0, 0.05) is 32.0 Å². The molecule has 0 radical (unpaired) electrons. The Morgan fingerprint density at radius 1 is 1.06 bits per heavy atom. The van der Waals surface area contributed by atoms with Crippen LogP contribution in [0.2, 0.25) is 0 Å². The molecule has 4 N–H and O–H groups in total. The number of nitrogens with one attached hydrogen (secondary N) is 2. The van der Waals surface area contributed by atoms with Gasteiger partial charge in [0.2, 0.25) is 17.7 Å². The van der Waals surface area contributed by atoms with Gasteiger partial charge in [-0.05, 0) is 80.5 Å². The molecular weight excluding hydrogens is 687 g/mol. The highest BCUT2D eigenvalue weighted by Crippen LogP contribution is 2.28. The van der Waals surface area contributed by atoms with E-state index in [1.807, 2.05) is 101 Å². The predicted octanol–water partition coefficient (Wildman–Crippen LogP) is 6.74. The third-order valence-electron chi connectivity index (χ3n) is 9.70. The molecule has 1 aromatic heterocycles. The number of likely N-dealkylation sites (tertiary alicyclic amines) is 1. The maximum absolute atomic E-state index is 13.9. The van der Waals surface area contributed by atoms with Crippen molar-refractivity contribution < 1.29 is 23.9 Å². The van der Waals surface area contributed by atoms with E-state index in [-0.39, 0.29) is 35.7 Å². The van der Waals surface area contributed by atoms with Gasteiger partial charge in [-0.1, -0.05) is 81.5 Å². The molecule has 0 saturated carbocycles. The summed E-state index contributed by atoms with van der Waals surface area (Å²) in [4.78, 5) is 58.6. The Labute approximate surface area is 319 Å². The Kier molecular flexibility index (Phi) is 15.5. The molecular formula is C42H57N5O5S. The number of amides is 3. The molecule has 0 bridgehead atoms. The van der Waals surface area contributed by atoms with E-state index in [9.17, 15) is 19.2 Å². The minimum absolute atomic E-state index is 0.132. The summed E-state index contributed by atoms with van der Waals surface area (Å²) < 4.78 is 5.91. The van der Waals surface area contributed by atoms with E-state index in [2.05, 4.69) is 15.6 Å². The van der Waals surface area contributed by atoms with Gasteiger partial charge in [0.25, 0.3) is 0 Å². The predicted molar refractivity (Wildman–Crippen MR) is 212 cm³/mol. The fraction of sp³-hybridized carbons (Fsp3) is 0.500. The first-order chi connectivity index (χ1) is 25.2. The second-order valence-corrected chi connectivity index (χ2v) is 16.0. The minimum atomic E-state index is -0.747. The second-order valence-electron chi connectivity index (χ2n) is 15.2. The summed E-state index contributed by atoms with van der Waals surface area (Å²) in [6.45, 7) is 12.6. The van der Waals surface area contributed by atoms with E-state index >= 15 is 0 Å². The van der Waals surface area contributed by atoms with Crippen LogP contribution in [0.4, 0.5) is 0 Å². The first kappa shape index (κ1) is 41.6. The van der Waals surface area contributed by atoms with Crippen LogP contribution in [-0.2, 0) is 37.1 Å². The number of unbranched alkanes of at least 4 members (excludes halogenated alkanes) is 1. The lowest BCUT2D eigenvalue weighted by Crippen LogP contribution is -2.57. The molecule has 1 saturated heterocycles. The van der Waals surface area contributed by atoms with Gasteiger partial charge in [0.1, 0.15) is 17.9 Å². The summed E-state index contributed by atoms with van der Waals surface area (Å²) >= 11 is 1.60. The van der Waals surface area contributed by atoms with Gasteiger partial charge in [-0.3, -0.25) is 14.4 Å². The number of nitrogens with zero attached hydrogens (tertiary/aromatic N) is 2. The molecule has 3 aromatic rings. The number of ketones is 1. The quantitative estimate of drug-likeness (QED) is 0.123. The van der Waals surface area contributed by atoms with Crippen LogP contribution in [0.1, 0.15) is 102 Å². The van der Waals surface area contributed by atoms with Crippen LogP contribution in [0.25, 0.3) is 16.5 Å². The first-order valence-electron chi connectivity index (χ1n) is 18.7. The average molecular weight is 744 g/mol. The van der Waals surface area contributed by atoms with Crippen molar-refractivity contribution in [1.29, 1.82) is 0 Å². The van der Waals surface area contributed by atoms with E-state index in [4.69, 9.17) is 10.5 Å². The first-order valence-corrected chi connectivity index (χ1v) is 19.6. The van der Waals surface area contributed by atoms with Crippen LogP contribution in [-0.4, -0.2) is 64.2 Å². The Morgan fingerprint density at radius 2 is 1.75 bits per heavy atom. The minimum Gasteiger partial charge on any atom is -0.372 e. The van der Waals surface area contributed by atoms with Crippen molar-refractivity contribution in [3.63, 3.8) is 0 Å². The lowest BCUT2D eigenvalue weighted by atomic mass is 9.85. The number of aromatic nitrogens is 1. The fourth-order valence-electron chi connectivity index (χ4n) is 6.29. The number of benzene rings is 2. The molecule has 286 valence electrons. The zero-order valence-electron chi connectivity index (χ0n) is 32.2. The zero-order valence-corrected chi connectivity index (χ0v) is 33.0. The van der Waals surface area contributed by atoms with Crippen molar-refractivity contribution in [3.8, 4) is 10.4 Å². The largest absolute Gasteiger partial charge is 0.372 e. The van der Waals surface area contributed by atoms with Crippen molar-refractivity contribution in [3.05, 3.63) is 82.5 Å². The highest BCUT2D eigenvalue weighted by Gasteiger charge is 2.41. The number of aryl methyl sites for hydroxylation is 1. The van der Waals surface area contributed by atoms with Gasteiger partial charge in [-0.15, -0.1) is 11.3 Å². The Morgan fingerprint density at radius 3 is 2.40 bits per heavy atom. The normalized spacial score (nSPS) is 16.4. The summed E-state index contributed by atoms with van der Waals surface area (Å²) in [7, 11) is 0. The third-order valence-corrected chi connectivity index (χ3v) is 10.7. The lowest BCUT2D eigenvalue weighted by molar-refractivity contribution is -0.143. The molecule has 4 atom stereocenters. The van der Waals surface area contributed by atoms with Crippen LogP contribution in [0.5, 0.6) is 0 Å². The molecule has 3 amide bonds. The van der Waals surface area contributed by atoms with Crippen LogP contribution in [0.3, 0.4) is 0 Å². The standard InChI is InChI=1S/C42H57N5O5S/c1-28(48)14-23-35(43)30(3)52-26-33-17-15-31(16-18-33)11-8-7-9-13-37(49)46-39(42(4,5)6)41(51)47-24-10-12-36(47)40(50)44-25-32-19-21-34(22-20-32)38-29(2)45-27-53-38/h8,11,15-22,27,30,35-36,39H,7,9-10,12-14,23-26,43H2,1-6H3,(H,44,50)(H,46,49)/b11-8+/t30-,35+,36+,39-/m1/s1. The Bertz CT molecular complexity index is 1700. The number of Topliss-reactive ketones (excluding diaryl/α,β-unsaturated/α-hetero) is 1. The highest BCUT2D eigenvalue weighted by atomic mass is 32.1. The van der Waals surface area contributed by atoms with Crippen molar-refractivity contribution in [1.82, 2.24) is 20.5 Å². The van der Waals surface area contributed by atoms with Crippen molar-refractivity contribution in [2.45, 2.75) is 124 Å². The van der Waals surface area contributed by atoms with Crippen molar-refractivity contribution >= 4 is 40.9 Å². The summed E-state index contributed by atoms with van der Waals surface area (Å²) in [5, 5.41) is 6.03. The number of hydrogen-bond donors (Lipinski definition) is 3. The number of allylic oxidation sites excluding steroid dienone is 1. The van der Waals surface area contributed by atoms with E-state index in [0.29, 0.717) is 58.2 Å². The van der Waals surface area contributed by atoms with Crippen molar-refractivity contribution in [2.75, 3.05) is 6.54 Å². The molecule has 1 aliphatic rings. The molecule has 0 aliphatic carbocycles. The zero-order chi connectivity index (χ0) is 38.5. The van der Waals surface area contributed by atoms with Crippen molar-refractivity contribution in [2.24, 2.45) is 11.1 Å². The summed E-state index contributed by atoms with van der Waals surface area (Å²) in [5.74, 6) is -0.438. The van der Waals surface area contributed by atoms with Gasteiger partial charge >= 0.3 is 0 Å². The molecule has 2 aromatic carbocycles. The van der Waals surface area contributed by atoms with E-state index < -0.39 is 17.5 Å². The maximum Gasteiger partial charge on any atom is 0.246 e. The number of thiazole rings is 1. The lowest BCUT2D eigenvalue weighted by Gasteiger charge is -2.35. The molecule has 0 spiro atoms. The summed E-state index contributed by atoms with van der Waals surface area (Å²) in [6.07, 6.45) is 7.97. The number of carbonyl (C=O) groups excluding carboxylic acids is 4. The average Bonchev–Trinajstić information content (AvgIpc) is 3.80. The Hall–Kier alpha value is -4.19. The fourth-order valence-corrected chi connectivity index (χ4v) is 7.10. The SMILES string of the molecule is CC(=O)CC[C@H](N)[C@@H](C)OCc1ccc(/C=C/CCCC(=O)N[C@H](C(=O)N2CCC[C@H]2C(=O)NCc2ccc(-c3scnc3C)cc2)C(C)(C)C)cc1. The van der Waals surface area contributed by atoms with Crippen LogP contribution in [0.15, 0.2) is 60.1 Å². The smallest absolute Gasteiger partial charge is 0.246 e. The van der Waals surface area contributed by atoms with E-state index in [1.165, 1.54) is 0 Å². The number of ether oxygens (including phenoxy) is 1. The van der Waals surface area contributed by atoms with Gasteiger partial charge in [-0.25, -0.2) is 4.98 Å². The molecule has 4 rings (SSSR count). The van der Waals surface area contributed by atoms with E-state index in [0.717, 1.165) is 39.2 Å². The third kappa shape index (κ3) is 12.7. The molecule has 1 fully saturated rings. The second kappa shape index (κ2) is 19.8. The van der Waals surface area contributed by atoms with Gasteiger partial charge in [0.15, 0.2) is 0 Å². The van der Waals surface area contributed by atoms with Gasteiger partial charge in [0.05, 0.1) is 28.8 Å². The van der Waals surface area contributed by atoms with Crippen LogP contribution >= 0.6 is 11.3 Å². The maximum atomic E-state index is 13.9. The molecule has 1 aliphatic heterocycles. The number of carbonyl (C=O) groups is 4. The molecule has 53 heavy (non-hydrogen) atoms. The van der Waals surface area contributed by atoms with E-state index in [1.54, 1.807) is 23.2 Å². The van der Waals surface area contributed by atoms with Crippen LogP contribution < -0.4 is 16.4 Å². The van der Waals surface area contributed by atoms with Gasteiger partial charge < -0.3 is 30.8 Å². The molecule has 2 heterocycles.